The molecule has 0 aliphatic carbocycles. The van der Waals surface area contributed by atoms with E-state index in [1.807, 2.05) is 6.07 Å². The molecule has 0 saturated heterocycles. The highest BCUT2D eigenvalue weighted by Crippen LogP contribution is 2.43. The number of phenols is 2. The van der Waals surface area contributed by atoms with Gasteiger partial charge in [0.15, 0.2) is 0 Å². The molecule has 0 radical (unpaired) electrons. The van der Waals surface area contributed by atoms with E-state index in [-0.39, 0.29) is 11.5 Å². The summed E-state index contributed by atoms with van der Waals surface area (Å²) in [6.07, 6.45) is 0. The van der Waals surface area contributed by atoms with Crippen molar-refractivity contribution in [2.45, 2.75) is 5.60 Å². The number of benzene rings is 3. The Morgan fingerprint density at radius 1 is 0.545 bits per heavy atom. The highest BCUT2D eigenvalue weighted by atomic mass is 16.3. The maximum absolute atomic E-state index is 11.5. The lowest BCUT2D eigenvalue weighted by atomic mass is 9.79. The summed E-state index contributed by atoms with van der Waals surface area (Å²) in [7, 11) is 0. The summed E-state index contributed by atoms with van der Waals surface area (Å²) in [4.78, 5) is 0. The van der Waals surface area contributed by atoms with Crippen molar-refractivity contribution in [1.82, 2.24) is 0 Å². The lowest BCUT2D eigenvalue weighted by Crippen LogP contribution is -2.29. The molecule has 110 valence electrons. The van der Waals surface area contributed by atoms with Gasteiger partial charge in [0.25, 0.3) is 0 Å². The summed E-state index contributed by atoms with van der Waals surface area (Å²) in [5, 5.41) is 31.9. The molecule has 0 atom stereocenters. The van der Waals surface area contributed by atoms with Gasteiger partial charge < -0.3 is 15.3 Å². The SMILES string of the molecule is Oc1ccccc1C(O)(c1ccccc1)c1ccccc1O. The van der Waals surface area contributed by atoms with Gasteiger partial charge in [-0.05, 0) is 17.7 Å². The van der Waals surface area contributed by atoms with Crippen LogP contribution in [0.1, 0.15) is 16.7 Å². The van der Waals surface area contributed by atoms with Gasteiger partial charge in [-0.2, -0.15) is 0 Å². The summed E-state index contributed by atoms with van der Waals surface area (Å²) < 4.78 is 0. The number of hydrogen-bond acceptors (Lipinski definition) is 3. The summed E-state index contributed by atoms with van der Waals surface area (Å²) in [6.45, 7) is 0. The lowest BCUT2D eigenvalue weighted by molar-refractivity contribution is 0.119. The first-order valence-corrected chi connectivity index (χ1v) is 6.99. The second-order valence-corrected chi connectivity index (χ2v) is 5.11. The van der Waals surface area contributed by atoms with Crippen LogP contribution in [0.3, 0.4) is 0 Å². The predicted molar refractivity (Wildman–Crippen MR) is 84.8 cm³/mol. The molecule has 0 amide bonds. The van der Waals surface area contributed by atoms with E-state index in [0.29, 0.717) is 16.7 Å². The zero-order valence-electron chi connectivity index (χ0n) is 11.8. The summed E-state index contributed by atoms with van der Waals surface area (Å²) in [5.41, 5.74) is -0.429. The smallest absolute Gasteiger partial charge is 0.147 e. The van der Waals surface area contributed by atoms with E-state index in [2.05, 4.69) is 0 Å². The summed E-state index contributed by atoms with van der Waals surface area (Å²) in [5.74, 6) is -0.0609. The van der Waals surface area contributed by atoms with Gasteiger partial charge in [0, 0.05) is 11.1 Å². The largest absolute Gasteiger partial charge is 0.508 e. The molecule has 0 aromatic heterocycles. The molecule has 0 unspecified atom stereocenters. The van der Waals surface area contributed by atoms with Gasteiger partial charge in [0.1, 0.15) is 17.1 Å². The minimum absolute atomic E-state index is 0.0305. The van der Waals surface area contributed by atoms with Crippen LogP contribution >= 0.6 is 0 Å². The average Bonchev–Trinajstić information content (AvgIpc) is 2.56. The Hall–Kier alpha value is -2.78. The fourth-order valence-electron chi connectivity index (χ4n) is 2.69. The molecule has 0 saturated carbocycles. The Bertz CT molecular complexity index is 736. The van der Waals surface area contributed by atoms with Gasteiger partial charge in [0.05, 0.1) is 0 Å². The Kier molecular flexibility index (Phi) is 3.57. The molecular formula is C19H16O3. The molecule has 3 heteroatoms. The van der Waals surface area contributed by atoms with Crippen LogP contribution in [0.25, 0.3) is 0 Å². The van der Waals surface area contributed by atoms with E-state index in [1.165, 1.54) is 12.1 Å². The van der Waals surface area contributed by atoms with Crippen LogP contribution in [0.4, 0.5) is 0 Å². The van der Waals surface area contributed by atoms with E-state index < -0.39 is 5.60 Å². The average molecular weight is 292 g/mol. The molecule has 3 nitrogen and oxygen atoms in total. The number of phenolic OH excluding ortho intramolecular Hbond substituents is 2. The van der Waals surface area contributed by atoms with E-state index >= 15 is 0 Å². The molecule has 0 aliphatic heterocycles. The van der Waals surface area contributed by atoms with Gasteiger partial charge in [-0.15, -0.1) is 0 Å². The van der Waals surface area contributed by atoms with Crippen molar-refractivity contribution in [3.8, 4) is 11.5 Å². The highest BCUT2D eigenvalue weighted by molar-refractivity contribution is 5.55. The van der Waals surface area contributed by atoms with Crippen molar-refractivity contribution in [1.29, 1.82) is 0 Å². The van der Waals surface area contributed by atoms with Crippen LogP contribution in [-0.4, -0.2) is 15.3 Å². The third-order valence-corrected chi connectivity index (χ3v) is 3.78. The molecular weight excluding hydrogens is 276 g/mol. The molecule has 3 N–H and O–H groups in total. The van der Waals surface area contributed by atoms with E-state index in [4.69, 9.17) is 0 Å². The summed E-state index contributed by atoms with van der Waals surface area (Å²) >= 11 is 0. The number of rotatable bonds is 3. The highest BCUT2D eigenvalue weighted by Gasteiger charge is 2.37. The predicted octanol–water partition coefficient (Wildman–Crippen LogP) is 3.38. The van der Waals surface area contributed by atoms with Gasteiger partial charge in [0.2, 0.25) is 0 Å². The number of para-hydroxylation sites is 2. The van der Waals surface area contributed by atoms with Gasteiger partial charge >= 0.3 is 0 Å². The minimum atomic E-state index is -1.64. The summed E-state index contributed by atoms with van der Waals surface area (Å²) in [6, 6.07) is 22.2. The Balaban J connectivity index is 2.33. The normalized spacial score (nSPS) is 11.3. The third kappa shape index (κ3) is 2.22. The first-order chi connectivity index (χ1) is 10.6. The van der Waals surface area contributed by atoms with E-state index in [1.54, 1.807) is 60.7 Å². The molecule has 3 aromatic carbocycles. The first kappa shape index (κ1) is 14.2. The molecule has 0 spiro atoms. The molecule has 3 rings (SSSR count). The van der Waals surface area contributed by atoms with Crippen LogP contribution < -0.4 is 0 Å². The lowest BCUT2D eigenvalue weighted by Gasteiger charge is -2.31. The third-order valence-electron chi connectivity index (χ3n) is 3.78. The second kappa shape index (κ2) is 5.54. The second-order valence-electron chi connectivity index (χ2n) is 5.11. The quantitative estimate of drug-likeness (QED) is 0.649. The van der Waals surface area contributed by atoms with Gasteiger partial charge in [-0.1, -0.05) is 66.7 Å². The Morgan fingerprint density at radius 3 is 1.41 bits per heavy atom. The van der Waals surface area contributed by atoms with Crippen LogP contribution in [0.5, 0.6) is 11.5 Å². The topological polar surface area (TPSA) is 60.7 Å². The fourth-order valence-corrected chi connectivity index (χ4v) is 2.69. The van der Waals surface area contributed by atoms with Crippen LogP contribution in [0.15, 0.2) is 78.9 Å². The number of aliphatic hydroxyl groups is 1. The fraction of sp³-hybridized carbons (Fsp3) is 0.0526. The standard InChI is InChI=1S/C19H16O3/c20-17-12-6-4-10-15(17)19(22,14-8-2-1-3-9-14)16-11-5-7-13-18(16)21/h1-13,20-22H. The van der Waals surface area contributed by atoms with Crippen molar-refractivity contribution >= 4 is 0 Å². The molecule has 0 aliphatic rings. The van der Waals surface area contributed by atoms with Crippen molar-refractivity contribution in [2.75, 3.05) is 0 Å². The molecule has 22 heavy (non-hydrogen) atoms. The van der Waals surface area contributed by atoms with E-state index in [9.17, 15) is 15.3 Å². The van der Waals surface area contributed by atoms with Gasteiger partial charge in [-0.3, -0.25) is 0 Å². The Morgan fingerprint density at radius 2 is 0.955 bits per heavy atom. The van der Waals surface area contributed by atoms with Gasteiger partial charge in [-0.25, -0.2) is 0 Å². The molecule has 3 aromatic rings. The zero-order valence-corrected chi connectivity index (χ0v) is 11.8. The minimum Gasteiger partial charge on any atom is -0.508 e. The Labute approximate surface area is 128 Å². The van der Waals surface area contributed by atoms with Crippen molar-refractivity contribution < 1.29 is 15.3 Å². The van der Waals surface area contributed by atoms with Crippen LogP contribution in [0, 0.1) is 0 Å². The van der Waals surface area contributed by atoms with Crippen LogP contribution in [-0.2, 0) is 5.60 Å². The monoisotopic (exact) mass is 292 g/mol. The molecule has 0 heterocycles. The van der Waals surface area contributed by atoms with Crippen molar-refractivity contribution in [3.05, 3.63) is 95.6 Å². The zero-order chi connectivity index (χ0) is 15.6. The maximum atomic E-state index is 11.5. The van der Waals surface area contributed by atoms with Crippen molar-refractivity contribution in [3.63, 3.8) is 0 Å². The molecule has 0 fully saturated rings. The number of aromatic hydroxyl groups is 2. The van der Waals surface area contributed by atoms with Crippen molar-refractivity contribution in [2.24, 2.45) is 0 Å². The van der Waals surface area contributed by atoms with Crippen LogP contribution in [0.2, 0.25) is 0 Å². The maximum Gasteiger partial charge on any atom is 0.147 e. The molecule has 0 bridgehead atoms. The van der Waals surface area contributed by atoms with E-state index in [0.717, 1.165) is 0 Å². The number of hydrogen-bond donors (Lipinski definition) is 3. The first-order valence-electron chi connectivity index (χ1n) is 6.99.